The number of amides is 2. The third-order valence-electron chi connectivity index (χ3n) is 4.62. The number of hydrogen-bond donors (Lipinski definition) is 2. The fourth-order valence-electron chi connectivity index (χ4n) is 3.29. The zero-order valence-electron chi connectivity index (χ0n) is 12.6. The van der Waals surface area contributed by atoms with Crippen molar-refractivity contribution in [2.75, 3.05) is 18.4 Å². The van der Waals surface area contributed by atoms with E-state index >= 15 is 0 Å². The largest absolute Gasteiger partial charge is 0.481 e. The van der Waals surface area contributed by atoms with Gasteiger partial charge in [-0.05, 0) is 19.3 Å². The van der Waals surface area contributed by atoms with E-state index < -0.39 is 11.9 Å². The summed E-state index contributed by atoms with van der Waals surface area (Å²) in [4.78, 5) is 24.6. The van der Waals surface area contributed by atoms with Gasteiger partial charge in [0.05, 0.1) is 12.0 Å². The van der Waals surface area contributed by atoms with Gasteiger partial charge >= 0.3 is 12.0 Å². The van der Waals surface area contributed by atoms with E-state index in [0.717, 1.165) is 12.8 Å². The molecule has 22 heavy (non-hydrogen) atoms. The van der Waals surface area contributed by atoms with Crippen molar-refractivity contribution in [3.8, 4) is 0 Å². The summed E-state index contributed by atoms with van der Waals surface area (Å²) < 4.78 is 1.94. The molecular formula is C15H22N4O3. The molecule has 0 radical (unpaired) electrons. The maximum Gasteiger partial charge on any atom is 0.323 e. The van der Waals surface area contributed by atoms with Crippen LogP contribution < -0.4 is 5.32 Å². The summed E-state index contributed by atoms with van der Waals surface area (Å²) in [5, 5.41) is 16.2. The van der Waals surface area contributed by atoms with Crippen LogP contribution in [0, 0.1) is 5.92 Å². The second-order valence-electron chi connectivity index (χ2n) is 6.17. The van der Waals surface area contributed by atoms with Crippen LogP contribution in [0.15, 0.2) is 12.3 Å². The molecule has 120 valence electrons. The van der Waals surface area contributed by atoms with E-state index in [-0.39, 0.29) is 12.6 Å². The van der Waals surface area contributed by atoms with Gasteiger partial charge in [0.2, 0.25) is 0 Å². The Hall–Kier alpha value is -2.05. The smallest absolute Gasteiger partial charge is 0.323 e. The average molecular weight is 306 g/mol. The topological polar surface area (TPSA) is 87.5 Å². The highest BCUT2D eigenvalue weighted by atomic mass is 16.4. The monoisotopic (exact) mass is 306 g/mol. The van der Waals surface area contributed by atoms with Crippen molar-refractivity contribution < 1.29 is 14.7 Å². The van der Waals surface area contributed by atoms with Crippen LogP contribution in [0.25, 0.3) is 0 Å². The lowest BCUT2D eigenvalue weighted by Crippen LogP contribution is -2.34. The van der Waals surface area contributed by atoms with Crippen LogP contribution in [-0.2, 0) is 4.79 Å². The third kappa shape index (κ3) is 3.23. The van der Waals surface area contributed by atoms with E-state index in [1.807, 2.05) is 10.9 Å². The minimum atomic E-state index is -0.836. The molecule has 1 aliphatic heterocycles. The highest BCUT2D eigenvalue weighted by molar-refractivity contribution is 5.89. The first kappa shape index (κ1) is 14.9. The molecule has 2 aliphatic rings. The standard InChI is InChI=1S/C15H22N4O3/c20-14(21)11-6-8-18(10-11)15(22)16-13-7-9-19(17-13)12-4-2-1-3-5-12/h7,9,11-12H,1-6,8,10H2,(H,20,21)(H,16,17,22). The predicted molar refractivity (Wildman–Crippen MR) is 80.7 cm³/mol. The van der Waals surface area contributed by atoms with Crippen molar-refractivity contribution in [2.45, 2.75) is 44.6 Å². The predicted octanol–water partition coefficient (Wildman–Crippen LogP) is 2.33. The van der Waals surface area contributed by atoms with Crippen molar-refractivity contribution in [1.29, 1.82) is 0 Å². The van der Waals surface area contributed by atoms with Crippen LogP contribution in [0.4, 0.5) is 10.6 Å². The summed E-state index contributed by atoms with van der Waals surface area (Å²) in [6.07, 6.45) is 8.46. The number of carboxylic acid groups (broad SMARTS) is 1. The summed E-state index contributed by atoms with van der Waals surface area (Å²) >= 11 is 0. The van der Waals surface area contributed by atoms with Crippen molar-refractivity contribution in [3.05, 3.63) is 12.3 Å². The van der Waals surface area contributed by atoms with Crippen LogP contribution in [0.5, 0.6) is 0 Å². The van der Waals surface area contributed by atoms with Crippen LogP contribution in [0.1, 0.15) is 44.6 Å². The maximum atomic E-state index is 12.1. The molecule has 3 rings (SSSR count). The van der Waals surface area contributed by atoms with Gasteiger partial charge in [0.25, 0.3) is 0 Å². The molecule has 7 nitrogen and oxygen atoms in total. The fraction of sp³-hybridized carbons (Fsp3) is 0.667. The van der Waals surface area contributed by atoms with Gasteiger partial charge in [0.1, 0.15) is 0 Å². The zero-order valence-corrected chi connectivity index (χ0v) is 12.6. The molecule has 1 aromatic rings. The molecule has 0 spiro atoms. The molecule has 0 aromatic carbocycles. The van der Waals surface area contributed by atoms with Gasteiger partial charge in [-0.15, -0.1) is 0 Å². The summed E-state index contributed by atoms with van der Waals surface area (Å²) in [7, 11) is 0. The molecule has 1 saturated heterocycles. The molecule has 1 atom stereocenters. The third-order valence-corrected chi connectivity index (χ3v) is 4.62. The number of anilines is 1. The number of nitrogens with one attached hydrogen (secondary N) is 1. The number of carboxylic acids is 1. The first-order valence-corrected chi connectivity index (χ1v) is 7.97. The molecule has 1 aliphatic carbocycles. The SMILES string of the molecule is O=C(O)C1CCN(C(=O)Nc2ccn(C3CCCCC3)n2)C1. The molecular weight excluding hydrogens is 284 g/mol. The first-order valence-electron chi connectivity index (χ1n) is 7.97. The maximum absolute atomic E-state index is 12.1. The second kappa shape index (κ2) is 6.37. The Balaban J connectivity index is 1.56. The Morgan fingerprint density at radius 3 is 2.68 bits per heavy atom. The number of aliphatic carboxylic acids is 1. The van der Waals surface area contributed by atoms with Crippen molar-refractivity contribution in [2.24, 2.45) is 5.92 Å². The number of rotatable bonds is 3. The molecule has 1 unspecified atom stereocenters. The van der Waals surface area contributed by atoms with Gasteiger partial charge in [-0.25, -0.2) is 4.79 Å². The number of carbonyl (C=O) groups is 2. The lowest BCUT2D eigenvalue weighted by Gasteiger charge is -2.21. The summed E-state index contributed by atoms with van der Waals surface area (Å²) in [6, 6.07) is 1.97. The number of urea groups is 1. The summed E-state index contributed by atoms with van der Waals surface area (Å²) in [6.45, 7) is 0.747. The highest BCUT2D eigenvalue weighted by Crippen LogP contribution is 2.28. The second-order valence-corrected chi connectivity index (χ2v) is 6.17. The van der Waals surface area contributed by atoms with Gasteiger partial charge in [-0.2, -0.15) is 5.10 Å². The van der Waals surface area contributed by atoms with Gasteiger partial charge < -0.3 is 10.0 Å². The molecule has 2 N–H and O–H groups in total. The molecule has 0 bridgehead atoms. The normalized spacial score (nSPS) is 22.7. The van der Waals surface area contributed by atoms with Gasteiger partial charge in [-0.1, -0.05) is 19.3 Å². The minimum Gasteiger partial charge on any atom is -0.481 e. The van der Waals surface area contributed by atoms with Crippen LogP contribution >= 0.6 is 0 Å². The molecule has 2 fully saturated rings. The summed E-state index contributed by atoms with van der Waals surface area (Å²) in [5.74, 6) is -0.753. The van der Waals surface area contributed by atoms with Crippen LogP contribution in [0.2, 0.25) is 0 Å². The van der Waals surface area contributed by atoms with E-state index in [1.54, 1.807) is 11.0 Å². The van der Waals surface area contributed by atoms with Crippen molar-refractivity contribution in [1.82, 2.24) is 14.7 Å². The first-order chi connectivity index (χ1) is 10.6. The van der Waals surface area contributed by atoms with E-state index in [0.29, 0.717) is 24.8 Å². The molecule has 2 heterocycles. The highest BCUT2D eigenvalue weighted by Gasteiger charge is 2.31. The average Bonchev–Trinajstić information content (AvgIpc) is 3.17. The number of nitrogens with zero attached hydrogens (tertiary/aromatic N) is 3. The fourth-order valence-corrected chi connectivity index (χ4v) is 3.29. The van der Waals surface area contributed by atoms with E-state index in [9.17, 15) is 9.59 Å². The Morgan fingerprint density at radius 1 is 1.23 bits per heavy atom. The molecule has 2 amide bonds. The van der Waals surface area contributed by atoms with Crippen LogP contribution in [0.3, 0.4) is 0 Å². The van der Waals surface area contributed by atoms with Crippen molar-refractivity contribution in [3.63, 3.8) is 0 Å². The quantitative estimate of drug-likeness (QED) is 0.897. The lowest BCUT2D eigenvalue weighted by atomic mass is 9.96. The van der Waals surface area contributed by atoms with Gasteiger partial charge in [-0.3, -0.25) is 14.8 Å². The molecule has 7 heteroatoms. The number of likely N-dealkylation sites (tertiary alicyclic amines) is 1. The van der Waals surface area contributed by atoms with E-state index in [1.165, 1.54) is 19.3 Å². The molecule has 1 aromatic heterocycles. The van der Waals surface area contributed by atoms with Gasteiger partial charge in [0, 0.05) is 25.4 Å². The Morgan fingerprint density at radius 2 is 2.00 bits per heavy atom. The number of hydrogen-bond acceptors (Lipinski definition) is 3. The van der Waals surface area contributed by atoms with E-state index in [4.69, 9.17) is 5.11 Å². The van der Waals surface area contributed by atoms with Crippen LogP contribution in [-0.4, -0.2) is 44.9 Å². The van der Waals surface area contributed by atoms with E-state index in [2.05, 4.69) is 10.4 Å². The van der Waals surface area contributed by atoms with Crippen molar-refractivity contribution >= 4 is 17.8 Å². The summed E-state index contributed by atoms with van der Waals surface area (Å²) in [5.41, 5.74) is 0. The zero-order chi connectivity index (χ0) is 15.5. The Labute approximate surface area is 129 Å². The Bertz CT molecular complexity index is 551. The van der Waals surface area contributed by atoms with Gasteiger partial charge in [0.15, 0.2) is 5.82 Å². The number of carbonyl (C=O) groups excluding carboxylic acids is 1. The number of aromatic nitrogens is 2. The lowest BCUT2D eigenvalue weighted by molar-refractivity contribution is -0.141. The molecule has 1 saturated carbocycles. The Kier molecular flexibility index (Phi) is 4.31. The minimum absolute atomic E-state index is 0.266.